The lowest BCUT2D eigenvalue weighted by atomic mass is 9.93. The van der Waals surface area contributed by atoms with Gasteiger partial charge in [-0.15, -0.1) is 0 Å². The zero-order chi connectivity index (χ0) is 19.0. The molecule has 2 aromatic carbocycles. The zero-order valence-corrected chi connectivity index (χ0v) is 14.5. The smallest absolute Gasteiger partial charge is 0.313 e. The molecule has 0 aliphatic carbocycles. The number of anilines is 1. The summed E-state index contributed by atoms with van der Waals surface area (Å²) in [5.74, 6) is -1.73. The summed E-state index contributed by atoms with van der Waals surface area (Å²) in [7, 11) is 0. The lowest BCUT2D eigenvalue weighted by Crippen LogP contribution is -2.30. The van der Waals surface area contributed by atoms with Gasteiger partial charge in [-0.05, 0) is 43.3 Å². The van der Waals surface area contributed by atoms with Gasteiger partial charge in [0, 0.05) is 5.69 Å². The van der Waals surface area contributed by atoms with Gasteiger partial charge >= 0.3 is 5.97 Å². The number of carbonyl (C=O) groups is 2. The Kier molecular flexibility index (Phi) is 4.19. The Hall–Kier alpha value is -3.48. The molecule has 0 radical (unpaired) electrons. The molecule has 6 nitrogen and oxygen atoms in total. The van der Waals surface area contributed by atoms with Crippen molar-refractivity contribution in [1.29, 1.82) is 0 Å². The Morgan fingerprint density at radius 2 is 1.89 bits per heavy atom. The summed E-state index contributed by atoms with van der Waals surface area (Å²) >= 11 is 0. The van der Waals surface area contributed by atoms with E-state index in [0.717, 1.165) is 5.69 Å². The second kappa shape index (κ2) is 6.68. The first-order valence-electron chi connectivity index (χ1n) is 8.45. The Labute approximate surface area is 154 Å². The maximum absolute atomic E-state index is 13.1. The monoisotopic (exact) mass is 365 g/mol. The summed E-state index contributed by atoms with van der Waals surface area (Å²) in [6.07, 6.45) is -0.0820. The van der Waals surface area contributed by atoms with Crippen molar-refractivity contribution < 1.29 is 18.7 Å². The molecule has 4 rings (SSSR count). The first-order valence-corrected chi connectivity index (χ1v) is 8.45. The summed E-state index contributed by atoms with van der Waals surface area (Å²) in [6, 6.07) is 14.7. The molecule has 136 valence electrons. The third-order valence-electron chi connectivity index (χ3n) is 4.42. The molecule has 1 aliphatic rings. The van der Waals surface area contributed by atoms with Gasteiger partial charge in [-0.25, -0.2) is 9.07 Å². The molecule has 0 unspecified atom stereocenters. The third-order valence-corrected chi connectivity index (χ3v) is 4.42. The normalized spacial score (nSPS) is 15.8. The minimum Gasteiger partial charge on any atom is -0.407 e. The summed E-state index contributed by atoms with van der Waals surface area (Å²) in [4.78, 5) is 24.9. The van der Waals surface area contributed by atoms with Crippen LogP contribution in [0.3, 0.4) is 0 Å². The summed E-state index contributed by atoms with van der Waals surface area (Å²) in [5, 5.41) is 7.18. The predicted molar refractivity (Wildman–Crippen MR) is 96.3 cm³/mol. The van der Waals surface area contributed by atoms with Gasteiger partial charge in [0.15, 0.2) is 0 Å². The van der Waals surface area contributed by atoms with Crippen molar-refractivity contribution in [3.05, 3.63) is 71.7 Å². The number of halogens is 1. The predicted octanol–water partition coefficient (Wildman–Crippen LogP) is 3.35. The molecule has 1 N–H and O–H groups in total. The topological polar surface area (TPSA) is 73.2 Å². The van der Waals surface area contributed by atoms with Crippen LogP contribution in [0.25, 0.3) is 5.69 Å². The molecule has 0 fully saturated rings. The molecule has 27 heavy (non-hydrogen) atoms. The molecule has 1 aromatic heterocycles. The molecule has 7 heteroatoms. The number of hydrogen-bond donors (Lipinski definition) is 1. The second-order valence-corrected chi connectivity index (χ2v) is 6.28. The van der Waals surface area contributed by atoms with E-state index in [1.807, 2.05) is 30.3 Å². The van der Waals surface area contributed by atoms with Crippen LogP contribution in [0.15, 0.2) is 54.6 Å². The number of fused-ring (bicyclic) bond motifs is 1. The SMILES string of the molecule is Cc1nn(-c2ccccc2)c2c1[C@H](C(=O)Nc1ccc(F)cc1)CC(=O)O2. The molecule has 0 spiro atoms. The number of aryl methyl sites for hydroxylation is 1. The number of amides is 1. The number of hydrogen-bond acceptors (Lipinski definition) is 4. The van der Waals surface area contributed by atoms with Crippen LogP contribution in [0, 0.1) is 12.7 Å². The van der Waals surface area contributed by atoms with E-state index in [4.69, 9.17) is 4.74 Å². The average Bonchev–Trinajstić information content (AvgIpc) is 3.00. The lowest BCUT2D eigenvalue weighted by Gasteiger charge is -2.22. The maximum atomic E-state index is 13.1. The number of esters is 1. The van der Waals surface area contributed by atoms with Crippen LogP contribution >= 0.6 is 0 Å². The molecule has 1 atom stereocenters. The minimum atomic E-state index is -0.733. The lowest BCUT2D eigenvalue weighted by molar-refractivity contribution is -0.138. The number of nitrogens with one attached hydrogen (secondary N) is 1. The van der Waals surface area contributed by atoms with Gasteiger partial charge < -0.3 is 10.1 Å². The average molecular weight is 365 g/mol. The van der Waals surface area contributed by atoms with E-state index >= 15 is 0 Å². The van der Waals surface area contributed by atoms with Gasteiger partial charge in [-0.3, -0.25) is 9.59 Å². The summed E-state index contributed by atoms with van der Waals surface area (Å²) < 4.78 is 20.0. The largest absolute Gasteiger partial charge is 0.407 e. The first kappa shape index (κ1) is 17.0. The van der Waals surface area contributed by atoms with Crippen molar-refractivity contribution in [3.8, 4) is 11.6 Å². The van der Waals surface area contributed by atoms with Gasteiger partial charge in [-0.1, -0.05) is 18.2 Å². The fourth-order valence-corrected chi connectivity index (χ4v) is 3.17. The van der Waals surface area contributed by atoms with Crippen molar-refractivity contribution >= 4 is 17.6 Å². The molecular formula is C20H16FN3O3. The number of benzene rings is 2. The Morgan fingerprint density at radius 1 is 1.19 bits per heavy atom. The van der Waals surface area contributed by atoms with E-state index in [0.29, 0.717) is 16.9 Å². The number of carbonyl (C=O) groups excluding carboxylic acids is 2. The molecule has 3 aromatic rings. The van der Waals surface area contributed by atoms with Gasteiger partial charge in [0.25, 0.3) is 0 Å². The van der Waals surface area contributed by atoms with E-state index in [-0.39, 0.29) is 18.2 Å². The quantitative estimate of drug-likeness (QED) is 0.723. The van der Waals surface area contributed by atoms with Gasteiger partial charge in [0.05, 0.1) is 29.3 Å². The Balaban J connectivity index is 1.70. The van der Waals surface area contributed by atoms with Crippen molar-refractivity contribution in [2.75, 3.05) is 5.32 Å². The van der Waals surface area contributed by atoms with Crippen LogP contribution in [0.1, 0.15) is 23.6 Å². The van der Waals surface area contributed by atoms with Gasteiger partial charge in [0.2, 0.25) is 11.8 Å². The molecule has 1 aliphatic heterocycles. The van der Waals surface area contributed by atoms with E-state index in [1.165, 1.54) is 28.9 Å². The van der Waals surface area contributed by atoms with Crippen molar-refractivity contribution in [3.63, 3.8) is 0 Å². The van der Waals surface area contributed by atoms with E-state index < -0.39 is 17.7 Å². The highest BCUT2D eigenvalue weighted by molar-refractivity contribution is 5.99. The summed E-state index contributed by atoms with van der Waals surface area (Å²) in [6.45, 7) is 1.77. The molecule has 0 saturated carbocycles. The molecule has 1 amide bonds. The fraction of sp³-hybridized carbons (Fsp3) is 0.150. The van der Waals surface area contributed by atoms with Crippen LogP contribution in [0.2, 0.25) is 0 Å². The van der Waals surface area contributed by atoms with E-state index in [1.54, 1.807) is 6.92 Å². The zero-order valence-electron chi connectivity index (χ0n) is 14.5. The van der Waals surface area contributed by atoms with Gasteiger partial charge in [-0.2, -0.15) is 5.10 Å². The van der Waals surface area contributed by atoms with Crippen LogP contribution in [-0.2, 0) is 9.59 Å². The second-order valence-electron chi connectivity index (χ2n) is 6.28. The van der Waals surface area contributed by atoms with Crippen LogP contribution < -0.4 is 10.1 Å². The molecule has 0 bridgehead atoms. The number of rotatable bonds is 3. The maximum Gasteiger partial charge on any atom is 0.313 e. The number of ether oxygens (including phenoxy) is 1. The van der Waals surface area contributed by atoms with Crippen molar-refractivity contribution in [2.24, 2.45) is 0 Å². The van der Waals surface area contributed by atoms with Crippen molar-refractivity contribution in [1.82, 2.24) is 9.78 Å². The van der Waals surface area contributed by atoms with Gasteiger partial charge in [0.1, 0.15) is 5.82 Å². The van der Waals surface area contributed by atoms with Crippen LogP contribution in [0.5, 0.6) is 5.88 Å². The Morgan fingerprint density at radius 3 is 2.59 bits per heavy atom. The highest BCUT2D eigenvalue weighted by atomic mass is 19.1. The van der Waals surface area contributed by atoms with Crippen LogP contribution in [-0.4, -0.2) is 21.7 Å². The third kappa shape index (κ3) is 3.19. The van der Waals surface area contributed by atoms with E-state index in [9.17, 15) is 14.0 Å². The minimum absolute atomic E-state index is 0.0820. The number of aromatic nitrogens is 2. The molecule has 0 saturated heterocycles. The summed E-state index contributed by atoms with van der Waals surface area (Å²) in [5.41, 5.74) is 2.38. The first-order chi connectivity index (χ1) is 13.0. The van der Waals surface area contributed by atoms with E-state index in [2.05, 4.69) is 10.4 Å². The fourth-order valence-electron chi connectivity index (χ4n) is 3.17. The molecule has 2 heterocycles. The number of para-hydroxylation sites is 1. The highest BCUT2D eigenvalue weighted by Gasteiger charge is 2.37. The highest BCUT2D eigenvalue weighted by Crippen LogP contribution is 2.38. The Bertz CT molecular complexity index is 1010. The van der Waals surface area contributed by atoms with Crippen molar-refractivity contribution in [2.45, 2.75) is 19.3 Å². The standard InChI is InChI=1S/C20H16FN3O3/c1-12-18-16(19(26)22-14-9-7-13(21)8-10-14)11-17(25)27-20(18)24(23-12)15-5-3-2-4-6-15/h2-10,16H,11H2,1H3,(H,22,26)/t16-/m1/s1. The number of nitrogens with zero attached hydrogens (tertiary/aromatic N) is 2. The molecular weight excluding hydrogens is 349 g/mol. The van der Waals surface area contributed by atoms with Crippen LogP contribution in [0.4, 0.5) is 10.1 Å².